The largest absolute Gasteiger partial charge is 0.383 e. The molecule has 0 aliphatic heterocycles. The molecule has 2 aromatic carbocycles. The molecule has 3 heterocycles. The minimum absolute atomic E-state index is 0.0529. The summed E-state index contributed by atoms with van der Waals surface area (Å²) in [6.45, 7) is 8.87. The van der Waals surface area contributed by atoms with Crippen LogP contribution < -0.4 is 10.6 Å². The summed E-state index contributed by atoms with van der Waals surface area (Å²) >= 11 is 6.78. The first-order valence-corrected chi connectivity index (χ1v) is 14.6. The maximum Gasteiger partial charge on any atom is 0.263 e. The number of nitrogens with one attached hydrogen (secondary N) is 2. The zero-order chi connectivity index (χ0) is 31.2. The Balaban J connectivity index is 1.48. The Hall–Kier alpha value is -4.63. The quantitative estimate of drug-likeness (QED) is 0.189. The molecule has 2 N–H and O–H groups in total. The van der Waals surface area contributed by atoms with Gasteiger partial charge >= 0.3 is 0 Å². The standard InChI is InChI=1S/C31H31ClF2N10/c1-18-21(6-5-7-25(18)43-17-36-16-39-43)28(24-14-44(42-41-24)31(8-9-31)29(33)34)40-20-10-22-26(38-15-30(2,3)4)19(12-35)13-37-27(22)23(32)11-20/h5-7,10-11,13-14,16-17,28-29,40H,8-9,15H2,1-4H3,(H,37,38)/t28-/m0/s1. The molecule has 1 atom stereocenters. The molecular weight excluding hydrogens is 586 g/mol. The Labute approximate surface area is 258 Å². The second-order valence-corrected chi connectivity index (χ2v) is 12.7. The van der Waals surface area contributed by atoms with Gasteiger partial charge in [-0.05, 0) is 54.5 Å². The fraction of sp³-hybridized carbons (Fsp3) is 0.355. The third-order valence-corrected chi connectivity index (χ3v) is 8.20. The Kier molecular flexibility index (Phi) is 7.45. The summed E-state index contributed by atoms with van der Waals surface area (Å²) < 4.78 is 30.9. The van der Waals surface area contributed by atoms with Crippen molar-refractivity contribution in [1.82, 2.24) is 34.7 Å². The molecular formula is C31H31ClF2N10. The number of nitrogens with zero attached hydrogens (tertiary/aromatic N) is 8. The molecule has 6 rings (SSSR count). The highest BCUT2D eigenvalue weighted by Gasteiger charge is 2.54. The van der Waals surface area contributed by atoms with E-state index in [-0.39, 0.29) is 5.41 Å². The second kappa shape index (κ2) is 11.1. The van der Waals surface area contributed by atoms with Crippen LogP contribution in [0.4, 0.5) is 20.2 Å². The number of pyridine rings is 1. The summed E-state index contributed by atoms with van der Waals surface area (Å²) in [6.07, 6.45) is 4.30. The first kappa shape index (κ1) is 29.4. The normalized spacial score (nSPS) is 14.9. The van der Waals surface area contributed by atoms with Gasteiger partial charge in [-0.3, -0.25) is 4.98 Å². The second-order valence-electron chi connectivity index (χ2n) is 12.3. The minimum Gasteiger partial charge on any atom is -0.383 e. The number of rotatable bonds is 9. The van der Waals surface area contributed by atoms with Gasteiger partial charge in [0.1, 0.15) is 30.0 Å². The topological polar surface area (TPSA) is 122 Å². The molecule has 5 aromatic rings. The monoisotopic (exact) mass is 616 g/mol. The van der Waals surface area contributed by atoms with Gasteiger partial charge in [-0.1, -0.05) is 49.7 Å². The minimum atomic E-state index is -2.55. The highest BCUT2D eigenvalue weighted by Crippen LogP contribution is 2.48. The van der Waals surface area contributed by atoms with Crippen LogP contribution >= 0.6 is 11.6 Å². The van der Waals surface area contributed by atoms with Gasteiger partial charge in [0, 0.05) is 23.8 Å². The zero-order valence-electron chi connectivity index (χ0n) is 24.7. The van der Waals surface area contributed by atoms with Gasteiger partial charge in [-0.2, -0.15) is 10.4 Å². The van der Waals surface area contributed by atoms with E-state index in [4.69, 9.17) is 11.6 Å². The van der Waals surface area contributed by atoms with Crippen LogP contribution in [0.2, 0.25) is 5.02 Å². The fourth-order valence-electron chi connectivity index (χ4n) is 5.29. The summed E-state index contributed by atoms with van der Waals surface area (Å²) in [4.78, 5) is 8.54. The summed E-state index contributed by atoms with van der Waals surface area (Å²) in [5, 5.41) is 30.7. The first-order valence-electron chi connectivity index (χ1n) is 14.2. The lowest BCUT2D eigenvalue weighted by Crippen LogP contribution is -2.26. The van der Waals surface area contributed by atoms with E-state index in [1.807, 2.05) is 31.2 Å². The summed E-state index contributed by atoms with van der Waals surface area (Å²) in [5.74, 6) is 0. The van der Waals surface area contributed by atoms with Gasteiger partial charge in [0.2, 0.25) is 0 Å². The van der Waals surface area contributed by atoms with E-state index in [0.29, 0.717) is 57.9 Å². The number of halogens is 3. The van der Waals surface area contributed by atoms with Crippen molar-refractivity contribution in [2.24, 2.45) is 5.41 Å². The van der Waals surface area contributed by atoms with Crippen LogP contribution in [0.5, 0.6) is 0 Å². The Morgan fingerprint density at radius 3 is 2.66 bits per heavy atom. The van der Waals surface area contributed by atoms with Crippen LogP contribution in [0.1, 0.15) is 62.0 Å². The van der Waals surface area contributed by atoms with Gasteiger partial charge in [0.15, 0.2) is 0 Å². The van der Waals surface area contributed by atoms with Gasteiger partial charge in [0.05, 0.1) is 39.7 Å². The average Bonchev–Trinajstić information content (AvgIpc) is 3.36. The smallest absolute Gasteiger partial charge is 0.263 e. The number of aromatic nitrogens is 7. The summed E-state index contributed by atoms with van der Waals surface area (Å²) in [6, 6.07) is 11.0. The SMILES string of the molecule is Cc1c([C@H](Nc2cc(Cl)c3ncc(C#N)c(NCC(C)(C)C)c3c2)c2cn(C3(C(F)F)CC3)nn2)cccc1-n1cncn1. The molecule has 1 fully saturated rings. The van der Waals surface area contributed by atoms with Crippen molar-refractivity contribution in [2.75, 3.05) is 17.2 Å². The number of hydrogen-bond acceptors (Lipinski definition) is 8. The van der Waals surface area contributed by atoms with E-state index in [2.05, 4.69) is 62.9 Å². The lowest BCUT2D eigenvalue weighted by Gasteiger charge is -2.23. The van der Waals surface area contributed by atoms with Crippen molar-refractivity contribution in [3.63, 3.8) is 0 Å². The molecule has 0 saturated heterocycles. The predicted molar refractivity (Wildman–Crippen MR) is 164 cm³/mol. The maximum absolute atomic E-state index is 14.0. The van der Waals surface area contributed by atoms with Crippen LogP contribution in [0.25, 0.3) is 16.6 Å². The van der Waals surface area contributed by atoms with E-state index in [9.17, 15) is 14.0 Å². The molecule has 13 heteroatoms. The Bertz CT molecular complexity index is 1870. The highest BCUT2D eigenvalue weighted by atomic mass is 35.5. The third kappa shape index (κ3) is 5.43. The number of hydrogen-bond donors (Lipinski definition) is 2. The molecule has 0 spiro atoms. The highest BCUT2D eigenvalue weighted by molar-refractivity contribution is 6.35. The van der Waals surface area contributed by atoms with E-state index in [1.165, 1.54) is 17.2 Å². The molecule has 3 aromatic heterocycles. The van der Waals surface area contributed by atoms with Crippen LogP contribution in [0.15, 0.2) is 55.4 Å². The molecule has 1 saturated carbocycles. The van der Waals surface area contributed by atoms with Gasteiger partial charge in [-0.15, -0.1) is 5.10 Å². The lowest BCUT2D eigenvalue weighted by molar-refractivity contribution is 0.0593. The van der Waals surface area contributed by atoms with E-state index in [1.54, 1.807) is 23.3 Å². The number of anilines is 2. The molecule has 1 aliphatic carbocycles. The predicted octanol–water partition coefficient (Wildman–Crippen LogP) is 6.65. The Morgan fingerprint density at radius 2 is 2.00 bits per heavy atom. The molecule has 0 amide bonds. The van der Waals surface area contributed by atoms with Crippen LogP contribution in [-0.4, -0.2) is 47.7 Å². The summed E-state index contributed by atoms with van der Waals surface area (Å²) in [5.41, 5.74) is 3.80. The number of fused-ring (bicyclic) bond motifs is 1. The summed E-state index contributed by atoms with van der Waals surface area (Å²) in [7, 11) is 0. The van der Waals surface area contributed by atoms with Crippen molar-refractivity contribution in [1.29, 1.82) is 5.26 Å². The van der Waals surface area contributed by atoms with E-state index in [0.717, 1.165) is 16.8 Å². The average molecular weight is 617 g/mol. The molecule has 10 nitrogen and oxygen atoms in total. The van der Waals surface area contributed by atoms with Crippen molar-refractivity contribution in [2.45, 2.75) is 58.5 Å². The van der Waals surface area contributed by atoms with Crippen LogP contribution in [0, 0.1) is 23.7 Å². The van der Waals surface area contributed by atoms with Crippen LogP contribution in [-0.2, 0) is 5.54 Å². The molecule has 44 heavy (non-hydrogen) atoms. The first-order chi connectivity index (χ1) is 21.0. The van der Waals surface area contributed by atoms with Crippen molar-refractivity contribution >= 4 is 33.9 Å². The molecule has 0 radical (unpaired) electrons. The van der Waals surface area contributed by atoms with Gasteiger partial charge in [-0.25, -0.2) is 23.1 Å². The number of nitriles is 1. The van der Waals surface area contributed by atoms with Crippen molar-refractivity contribution < 1.29 is 8.78 Å². The van der Waals surface area contributed by atoms with E-state index < -0.39 is 18.0 Å². The van der Waals surface area contributed by atoms with Crippen molar-refractivity contribution in [3.8, 4) is 11.8 Å². The fourth-order valence-corrected chi connectivity index (χ4v) is 5.55. The maximum atomic E-state index is 14.0. The molecule has 226 valence electrons. The Morgan fingerprint density at radius 1 is 1.20 bits per heavy atom. The van der Waals surface area contributed by atoms with Crippen molar-refractivity contribution in [3.05, 3.63) is 82.8 Å². The lowest BCUT2D eigenvalue weighted by atomic mass is 9.96. The van der Waals surface area contributed by atoms with Gasteiger partial charge < -0.3 is 10.6 Å². The zero-order valence-corrected chi connectivity index (χ0v) is 25.4. The molecule has 1 aliphatic rings. The van der Waals surface area contributed by atoms with Gasteiger partial charge in [0.25, 0.3) is 6.43 Å². The molecule has 0 bridgehead atoms. The van der Waals surface area contributed by atoms with E-state index >= 15 is 0 Å². The third-order valence-electron chi connectivity index (χ3n) is 7.91. The molecule has 0 unspecified atom stereocenters. The number of alkyl halides is 2. The van der Waals surface area contributed by atoms with Crippen LogP contribution in [0.3, 0.4) is 0 Å². The number of benzene rings is 2.